The number of hydrogen-bond acceptors (Lipinski definition) is 6. The van der Waals surface area contributed by atoms with E-state index >= 15 is 0 Å². The fraction of sp³-hybridized carbons (Fsp3) is 0.500. The molecule has 22 heavy (non-hydrogen) atoms. The molecule has 0 aliphatic carbocycles. The molecule has 1 atom stereocenters. The first kappa shape index (κ1) is 15.0. The van der Waals surface area contributed by atoms with Gasteiger partial charge in [0.05, 0.1) is 6.04 Å². The molecule has 1 aromatic carbocycles. The number of nitrogens with zero attached hydrogens (tertiary/aromatic N) is 4. The lowest BCUT2D eigenvalue weighted by atomic mass is 10.1. The lowest BCUT2D eigenvalue weighted by molar-refractivity contribution is 0.264. The maximum atomic E-state index is 6.19. The molecule has 1 fully saturated rings. The van der Waals surface area contributed by atoms with Crippen LogP contribution in [0.25, 0.3) is 0 Å². The van der Waals surface area contributed by atoms with E-state index in [0.717, 1.165) is 32.7 Å². The Morgan fingerprint density at radius 1 is 1.14 bits per heavy atom. The minimum atomic E-state index is -0.263. The van der Waals surface area contributed by atoms with Crippen molar-refractivity contribution in [3.63, 3.8) is 0 Å². The normalized spacial score (nSPS) is 17.6. The minimum Gasteiger partial charge on any atom is -0.406 e. The first-order valence-corrected chi connectivity index (χ1v) is 7.86. The maximum absolute atomic E-state index is 6.19. The third kappa shape index (κ3) is 3.45. The highest BCUT2D eigenvalue weighted by molar-refractivity contribution is 5.26. The van der Waals surface area contributed by atoms with Crippen LogP contribution in [-0.4, -0.2) is 47.8 Å². The van der Waals surface area contributed by atoms with E-state index in [1.807, 2.05) is 18.2 Å². The van der Waals surface area contributed by atoms with E-state index < -0.39 is 0 Å². The molecule has 6 heteroatoms. The molecule has 6 nitrogen and oxygen atoms in total. The number of rotatable bonds is 5. The lowest BCUT2D eigenvalue weighted by Crippen LogP contribution is -2.46. The molecule has 0 amide bonds. The summed E-state index contributed by atoms with van der Waals surface area (Å²) in [4.78, 5) is 4.55. The summed E-state index contributed by atoms with van der Waals surface area (Å²) in [6.45, 7) is 7.18. The first-order chi connectivity index (χ1) is 10.8. The first-order valence-electron chi connectivity index (χ1n) is 7.86. The second-order valence-electron chi connectivity index (χ2n) is 5.64. The summed E-state index contributed by atoms with van der Waals surface area (Å²) in [6, 6.07) is 10.5. The van der Waals surface area contributed by atoms with Crippen LogP contribution in [-0.2, 0) is 6.42 Å². The van der Waals surface area contributed by atoms with Crippen molar-refractivity contribution >= 4 is 6.01 Å². The molecule has 0 saturated carbocycles. The zero-order valence-electron chi connectivity index (χ0n) is 13.0. The van der Waals surface area contributed by atoms with E-state index in [2.05, 4.69) is 39.1 Å². The smallest absolute Gasteiger partial charge is 0.318 e. The van der Waals surface area contributed by atoms with Crippen LogP contribution in [0.1, 0.15) is 24.4 Å². The topological polar surface area (TPSA) is 71.4 Å². The molecule has 1 aliphatic rings. The van der Waals surface area contributed by atoms with Crippen LogP contribution >= 0.6 is 0 Å². The van der Waals surface area contributed by atoms with Gasteiger partial charge in [-0.25, -0.2) is 0 Å². The van der Waals surface area contributed by atoms with Crippen molar-refractivity contribution in [3.8, 4) is 0 Å². The standard InChI is InChI=1S/C16H23N5O/c1-2-20-8-10-21(11-9-20)16-19-18-15(22-16)14(17)12-13-6-4-3-5-7-13/h3-7,14H,2,8-12,17H2,1H3/t14-/m1/s1. The number of anilines is 1. The highest BCUT2D eigenvalue weighted by atomic mass is 16.4. The molecule has 1 aliphatic heterocycles. The number of hydrogen-bond donors (Lipinski definition) is 1. The Labute approximate surface area is 130 Å². The van der Waals surface area contributed by atoms with Gasteiger partial charge in [-0.2, -0.15) is 0 Å². The molecule has 118 valence electrons. The molecular formula is C16H23N5O. The van der Waals surface area contributed by atoms with Crippen molar-refractivity contribution in [2.24, 2.45) is 5.73 Å². The lowest BCUT2D eigenvalue weighted by Gasteiger charge is -2.32. The van der Waals surface area contributed by atoms with E-state index in [1.54, 1.807) is 0 Å². The van der Waals surface area contributed by atoms with Crippen molar-refractivity contribution in [2.45, 2.75) is 19.4 Å². The third-order valence-corrected chi connectivity index (χ3v) is 4.14. The highest BCUT2D eigenvalue weighted by Crippen LogP contribution is 2.20. The Bertz CT molecular complexity index is 577. The van der Waals surface area contributed by atoms with Crippen LogP contribution in [0, 0.1) is 0 Å². The number of benzene rings is 1. The summed E-state index contributed by atoms with van der Waals surface area (Å²) in [7, 11) is 0. The monoisotopic (exact) mass is 301 g/mol. The number of aromatic nitrogens is 2. The molecule has 2 aromatic rings. The average molecular weight is 301 g/mol. The molecule has 3 rings (SSSR count). The number of nitrogens with two attached hydrogens (primary N) is 1. The van der Waals surface area contributed by atoms with E-state index in [4.69, 9.17) is 10.2 Å². The maximum Gasteiger partial charge on any atom is 0.318 e. The molecule has 0 spiro atoms. The Hall–Kier alpha value is -1.92. The van der Waals surface area contributed by atoms with Gasteiger partial charge in [0.2, 0.25) is 5.89 Å². The molecule has 1 aromatic heterocycles. The van der Waals surface area contributed by atoms with Gasteiger partial charge in [-0.05, 0) is 18.5 Å². The van der Waals surface area contributed by atoms with Gasteiger partial charge in [-0.1, -0.05) is 42.4 Å². The molecule has 0 unspecified atom stereocenters. The highest BCUT2D eigenvalue weighted by Gasteiger charge is 2.22. The van der Waals surface area contributed by atoms with E-state index in [1.165, 1.54) is 5.56 Å². The Kier molecular flexibility index (Phi) is 4.70. The van der Waals surface area contributed by atoms with Crippen molar-refractivity contribution in [1.29, 1.82) is 0 Å². The average Bonchev–Trinajstić information content (AvgIpc) is 3.06. The Morgan fingerprint density at radius 2 is 1.86 bits per heavy atom. The van der Waals surface area contributed by atoms with Crippen LogP contribution in [0.2, 0.25) is 0 Å². The zero-order chi connectivity index (χ0) is 15.4. The van der Waals surface area contributed by atoms with Gasteiger partial charge in [-0.3, -0.25) is 0 Å². The van der Waals surface area contributed by atoms with Crippen molar-refractivity contribution in [2.75, 3.05) is 37.6 Å². The van der Waals surface area contributed by atoms with Crippen LogP contribution in [0.4, 0.5) is 6.01 Å². The number of piperazine rings is 1. The van der Waals surface area contributed by atoms with E-state index in [0.29, 0.717) is 18.3 Å². The van der Waals surface area contributed by atoms with Crippen molar-refractivity contribution in [1.82, 2.24) is 15.1 Å². The van der Waals surface area contributed by atoms with Gasteiger partial charge >= 0.3 is 6.01 Å². The van der Waals surface area contributed by atoms with Gasteiger partial charge in [-0.15, -0.1) is 5.10 Å². The summed E-state index contributed by atoms with van der Waals surface area (Å²) in [5, 5.41) is 8.29. The fourth-order valence-electron chi connectivity index (χ4n) is 2.71. The molecule has 2 N–H and O–H groups in total. The molecule has 2 heterocycles. The predicted molar refractivity (Wildman–Crippen MR) is 85.7 cm³/mol. The van der Waals surface area contributed by atoms with Gasteiger partial charge in [0.15, 0.2) is 0 Å². The summed E-state index contributed by atoms with van der Waals surface area (Å²) >= 11 is 0. The van der Waals surface area contributed by atoms with Crippen molar-refractivity contribution in [3.05, 3.63) is 41.8 Å². The van der Waals surface area contributed by atoms with Gasteiger partial charge < -0.3 is 20.0 Å². The summed E-state index contributed by atoms with van der Waals surface area (Å²) < 4.78 is 5.79. The molecular weight excluding hydrogens is 278 g/mol. The van der Waals surface area contributed by atoms with Crippen LogP contribution < -0.4 is 10.6 Å². The second-order valence-corrected chi connectivity index (χ2v) is 5.64. The Morgan fingerprint density at radius 3 is 2.55 bits per heavy atom. The quantitative estimate of drug-likeness (QED) is 0.901. The van der Waals surface area contributed by atoms with Gasteiger partial charge in [0.1, 0.15) is 0 Å². The fourth-order valence-corrected chi connectivity index (χ4v) is 2.71. The van der Waals surface area contributed by atoms with Gasteiger partial charge in [0.25, 0.3) is 0 Å². The van der Waals surface area contributed by atoms with E-state index in [9.17, 15) is 0 Å². The van der Waals surface area contributed by atoms with Gasteiger partial charge in [0, 0.05) is 26.2 Å². The Balaban J connectivity index is 1.61. The zero-order valence-corrected chi connectivity index (χ0v) is 13.0. The van der Waals surface area contributed by atoms with Crippen LogP contribution in [0.15, 0.2) is 34.7 Å². The summed E-state index contributed by atoms with van der Waals surface area (Å²) in [6.07, 6.45) is 0.700. The minimum absolute atomic E-state index is 0.263. The largest absolute Gasteiger partial charge is 0.406 e. The van der Waals surface area contributed by atoms with E-state index in [-0.39, 0.29) is 6.04 Å². The molecule has 0 bridgehead atoms. The second kappa shape index (κ2) is 6.89. The SMILES string of the molecule is CCN1CCN(c2nnc([C@H](N)Cc3ccccc3)o2)CC1. The van der Waals surface area contributed by atoms with Crippen LogP contribution in [0.5, 0.6) is 0 Å². The van der Waals surface area contributed by atoms with Crippen LogP contribution in [0.3, 0.4) is 0 Å². The predicted octanol–water partition coefficient (Wildman–Crippen LogP) is 1.45. The number of likely N-dealkylation sites (N-methyl/N-ethyl adjacent to an activating group) is 1. The summed E-state index contributed by atoms with van der Waals surface area (Å²) in [5.41, 5.74) is 7.36. The summed E-state index contributed by atoms with van der Waals surface area (Å²) in [5.74, 6) is 0.511. The molecule has 1 saturated heterocycles. The third-order valence-electron chi connectivity index (χ3n) is 4.14. The molecule has 0 radical (unpaired) electrons. The van der Waals surface area contributed by atoms with Crippen molar-refractivity contribution < 1.29 is 4.42 Å².